The van der Waals surface area contributed by atoms with Crippen LogP contribution in [-0.4, -0.2) is 64.3 Å². The van der Waals surface area contributed by atoms with Crippen molar-refractivity contribution in [2.24, 2.45) is 0 Å². The van der Waals surface area contributed by atoms with Crippen LogP contribution in [0.25, 0.3) is 10.3 Å². The van der Waals surface area contributed by atoms with Gasteiger partial charge in [0.1, 0.15) is 6.33 Å². The van der Waals surface area contributed by atoms with Gasteiger partial charge in [-0.2, -0.15) is 4.98 Å². The van der Waals surface area contributed by atoms with Crippen molar-refractivity contribution < 1.29 is 14.4 Å². The minimum atomic E-state index is -0.581. The molecule has 11 heteroatoms. The maximum absolute atomic E-state index is 12.2. The maximum atomic E-state index is 12.2. The number of piperazine rings is 1. The molecule has 9 nitrogen and oxygen atoms in total. The monoisotopic (exact) mass is 434 g/mol. The molecule has 29 heavy (non-hydrogen) atoms. The number of rotatable bonds is 5. The number of thiazole rings is 1. The lowest BCUT2D eigenvalue weighted by atomic mass is 10.2. The third kappa shape index (κ3) is 4.91. The van der Waals surface area contributed by atoms with Crippen molar-refractivity contribution >= 4 is 44.5 Å². The number of hydrogen-bond acceptors (Lipinski definition) is 9. The number of hydrogen-bond donors (Lipinski definition) is 1. The number of anilines is 1. The van der Waals surface area contributed by atoms with Crippen LogP contribution < -0.4 is 10.1 Å². The van der Waals surface area contributed by atoms with E-state index in [9.17, 15) is 4.79 Å². The summed E-state index contributed by atoms with van der Waals surface area (Å²) in [6.07, 6.45) is 0.812. The fraction of sp³-hybridized carbons (Fsp3) is 0.333. The molecule has 152 valence electrons. The molecule has 0 aliphatic carbocycles. The lowest BCUT2D eigenvalue weighted by Gasteiger charge is -2.33. The van der Waals surface area contributed by atoms with Gasteiger partial charge in [0, 0.05) is 37.7 Å². The van der Waals surface area contributed by atoms with E-state index in [4.69, 9.17) is 21.2 Å². The number of aromatic nitrogens is 3. The molecule has 3 heterocycles. The van der Waals surface area contributed by atoms with Crippen molar-refractivity contribution in [1.82, 2.24) is 24.9 Å². The smallest absolute Gasteiger partial charge is 0.432 e. The van der Waals surface area contributed by atoms with Crippen LogP contribution in [0.5, 0.6) is 5.88 Å². The van der Waals surface area contributed by atoms with Gasteiger partial charge >= 0.3 is 6.09 Å². The molecule has 1 aromatic carbocycles. The van der Waals surface area contributed by atoms with Gasteiger partial charge in [-0.05, 0) is 17.7 Å². The summed E-state index contributed by atoms with van der Waals surface area (Å²) in [5.41, 5.74) is 1.71. The van der Waals surface area contributed by atoms with E-state index in [-0.39, 0.29) is 0 Å². The summed E-state index contributed by atoms with van der Waals surface area (Å²) in [7, 11) is 1.51. The number of fused-ring (bicyclic) bond motifs is 1. The van der Waals surface area contributed by atoms with Gasteiger partial charge in [0.2, 0.25) is 5.88 Å². The Labute approximate surface area is 176 Å². The van der Waals surface area contributed by atoms with E-state index < -0.39 is 6.09 Å². The molecule has 0 bridgehead atoms. The zero-order valence-corrected chi connectivity index (χ0v) is 17.2. The van der Waals surface area contributed by atoms with E-state index in [1.807, 2.05) is 24.3 Å². The summed E-state index contributed by atoms with van der Waals surface area (Å²) in [6.45, 7) is 3.68. The predicted octanol–water partition coefficient (Wildman–Crippen LogP) is 3.03. The highest BCUT2D eigenvalue weighted by atomic mass is 35.5. The molecule has 2 aromatic heterocycles. The summed E-state index contributed by atoms with van der Waals surface area (Å²) in [5, 5.41) is 5.41. The summed E-state index contributed by atoms with van der Waals surface area (Å²) in [5.74, 6) is 0.365. The number of hydroxylamine groups is 2. The Balaban J connectivity index is 1.27. The van der Waals surface area contributed by atoms with E-state index in [2.05, 4.69) is 25.2 Å². The average molecular weight is 435 g/mol. The number of carbonyl (C=O) groups is 1. The second-order valence-corrected chi connectivity index (χ2v) is 7.81. The summed E-state index contributed by atoms with van der Waals surface area (Å²) < 4.78 is 5.16. The predicted molar refractivity (Wildman–Crippen MR) is 110 cm³/mol. The highest BCUT2D eigenvalue weighted by Gasteiger charge is 2.21. The lowest BCUT2D eigenvalue weighted by molar-refractivity contribution is -0.119. The fourth-order valence-corrected chi connectivity index (χ4v) is 3.90. The van der Waals surface area contributed by atoms with Crippen LogP contribution >= 0.6 is 22.9 Å². The summed E-state index contributed by atoms with van der Waals surface area (Å²) >= 11 is 7.16. The summed E-state index contributed by atoms with van der Waals surface area (Å²) in [6, 6.07) is 7.83. The van der Waals surface area contributed by atoms with Gasteiger partial charge in [-0.25, -0.2) is 14.8 Å². The number of methoxy groups -OCH3 is 1. The van der Waals surface area contributed by atoms with E-state index in [1.165, 1.54) is 30.3 Å². The third-order valence-electron chi connectivity index (χ3n) is 4.43. The van der Waals surface area contributed by atoms with E-state index in [1.54, 1.807) is 5.06 Å². The van der Waals surface area contributed by atoms with Crippen LogP contribution in [0.1, 0.15) is 5.56 Å². The molecule has 1 fully saturated rings. The Hall–Kier alpha value is -2.53. The van der Waals surface area contributed by atoms with Crippen LogP contribution in [0, 0.1) is 0 Å². The minimum Gasteiger partial charge on any atom is -0.479 e. The van der Waals surface area contributed by atoms with E-state index in [0.717, 1.165) is 24.7 Å². The Morgan fingerprint density at radius 3 is 2.69 bits per heavy atom. The second kappa shape index (κ2) is 8.87. The number of amides is 1. The zero-order valence-electron chi connectivity index (χ0n) is 15.7. The van der Waals surface area contributed by atoms with Gasteiger partial charge in [0.05, 0.1) is 7.11 Å². The molecule has 3 aromatic rings. The fourth-order valence-electron chi connectivity index (χ4n) is 2.99. The number of carbonyl (C=O) groups excluding carboxylic acids is 1. The van der Waals surface area contributed by atoms with Crippen LogP contribution in [0.15, 0.2) is 30.6 Å². The van der Waals surface area contributed by atoms with Gasteiger partial charge in [0.25, 0.3) is 0 Å². The van der Waals surface area contributed by atoms with E-state index >= 15 is 0 Å². The maximum Gasteiger partial charge on any atom is 0.432 e. The molecule has 0 saturated carbocycles. The molecule has 1 amide bonds. The molecule has 1 saturated heterocycles. The second-order valence-electron chi connectivity index (χ2n) is 6.39. The largest absolute Gasteiger partial charge is 0.479 e. The van der Waals surface area contributed by atoms with Gasteiger partial charge in [0.15, 0.2) is 15.5 Å². The molecule has 0 atom stereocenters. The van der Waals surface area contributed by atoms with Crippen molar-refractivity contribution in [2.75, 3.05) is 38.6 Å². The van der Waals surface area contributed by atoms with Crippen molar-refractivity contribution in [3.8, 4) is 5.88 Å². The van der Waals surface area contributed by atoms with E-state index in [0.29, 0.717) is 34.4 Å². The highest BCUT2D eigenvalue weighted by molar-refractivity contribution is 7.22. The molecule has 4 rings (SSSR count). The number of ether oxygens (including phenoxy) is 1. The normalized spacial score (nSPS) is 15.4. The van der Waals surface area contributed by atoms with Gasteiger partial charge in [-0.15, -0.1) is 5.06 Å². The van der Waals surface area contributed by atoms with Crippen molar-refractivity contribution in [3.05, 3.63) is 41.2 Å². The first kappa shape index (κ1) is 19.8. The first-order valence-corrected chi connectivity index (χ1v) is 10.2. The molecule has 1 aliphatic heterocycles. The Kier molecular flexibility index (Phi) is 6.05. The topological polar surface area (TPSA) is 92.7 Å². The summed E-state index contributed by atoms with van der Waals surface area (Å²) in [4.78, 5) is 33.0. The standard InChI is InChI=1S/C18H19ClN6O3S/c1-27-15-14-16(21-11-20-15)29-17(22-14)23-18(26)28-25-8-6-24(7-9-25)10-12-2-4-13(19)5-3-12/h2-5,11H,6-10H2,1H3,(H,22,23,26). The van der Waals surface area contributed by atoms with Gasteiger partial charge in [-0.1, -0.05) is 35.1 Å². The number of benzene rings is 1. The minimum absolute atomic E-state index is 0.365. The first-order valence-electron chi connectivity index (χ1n) is 8.97. The molecule has 0 unspecified atom stereocenters. The highest BCUT2D eigenvalue weighted by Crippen LogP contribution is 2.28. The number of halogens is 1. The first-order chi connectivity index (χ1) is 14.1. The van der Waals surface area contributed by atoms with Crippen molar-refractivity contribution in [3.63, 3.8) is 0 Å². The lowest BCUT2D eigenvalue weighted by Crippen LogP contribution is -2.46. The SMILES string of the molecule is COc1ncnc2sc(NC(=O)ON3CCN(Cc4ccc(Cl)cc4)CC3)nc12. The molecule has 1 N–H and O–H groups in total. The Morgan fingerprint density at radius 1 is 1.21 bits per heavy atom. The van der Waals surface area contributed by atoms with Gasteiger partial charge < -0.3 is 9.57 Å². The Bertz CT molecular complexity index is 991. The molecule has 0 spiro atoms. The molecular formula is C18H19ClN6O3S. The van der Waals surface area contributed by atoms with Crippen molar-refractivity contribution in [1.29, 1.82) is 0 Å². The van der Waals surface area contributed by atoms with Crippen LogP contribution in [0.3, 0.4) is 0 Å². The van der Waals surface area contributed by atoms with Crippen LogP contribution in [0.4, 0.5) is 9.93 Å². The number of nitrogens with one attached hydrogen (secondary N) is 1. The number of nitrogens with zero attached hydrogens (tertiary/aromatic N) is 5. The van der Waals surface area contributed by atoms with Crippen LogP contribution in [-0.2, 0) is 11.4 Å². The molecular weight excluding hydrogens is 416 g/mol. The van der Waals surface area contributed by atoms with Gasteiger partial charge in [-0.3, -0.25) is 10.2 Å². The molecule has 0 radical (unpaired) electrons. The third-order valence-corrected chi connectivity index (χ3v) is 5.56. The van der Waals surface area contributed by atoms with Crippen molar-refractivity contribution in [2.45, 2.75) is 6.54 Å². The Morgan fingerprint density at radius 2 is 1.97 bits per heavy atom. The average Bonchev–Trinajstić information content (AvgIpc) is 3.13. The zero-order chi connectivity index (χ0) is 20.2. The quantitative estimate of drug-likeness (QED) is 0.655. The van der Waals surface area contributed by atoms with Crippen LogP contribution in [0.2, 0.25) is 5.02 Å². The molecule has 1 aliphatic rings.